The minimum absolute atomic E-state index is 0.163. The van der Waals surface area contributed by atoms with E-state index >= 15 is 0 Å². The van der Waals surface area contributed by atoms with E-state index in [9.17, 15) is 4.79 Å². The van der Waals surface area contributed by atoms with Gasteiger partial charge < -0.3 is 15.1 Å². The first-order valence-electron chi connectivity index (χ1n) is 9.96. The van der Waals surface area contributed by atoms with Crippen molar-refractivity contribution < 1.29 is 4.79 Å². The van der Waals surface area contributed by atoms with Crippen molar-refractivity contribution in [2.45, 2.75) is 44.4 Å². The largest absolute Gasteiger partial charge is 0.352 e. The van der Waals surface area contributed by atoms with Gasteiger partial charge in [0.15, 0.2) is 5.96 Å². The summed E-state index contributed by atoms with van der Waals surface area (Å²) in [5, 5.41) is 3.48. The van der Waals surface area contributed by atoms with Crippen LogP contribution < -0.4 is 5.32 Å². The second-order valence-corrected chi connectivity index (χ2v) is 9.79. The minimum Gasteiger partial charge on any atom is -0.352 e. The van der Waals surface area contributed by atoms with Gasteiger partial charge in [0.2, 0.25) is 0 Å². The third-order valence-electron chi connectivity index (χ3n) is 5.20. The van der Waals surface area contributed by atoms with Crippen LogP contribution in [0.1, 0.15) is 49.0 Å². The molecule has 2 aliphatic rings. The fourth-order valence-corrected chi connectivity index (χ4v) is 4.92. The van der Waals surface area contributed by atoms with Crippen LogP contribution in [0.25, 0.3) is 0 Å². The molecule has 0 radical (unpaired) electrons. The number of hydrogen-bond acceptors (Lipinski definition) is 3. The average Bonchev–Trinajstić information content (AvgIpc) is 2.68. The normalized spacial score (nSPS) is 20.5. The molecule has 5 nitrogen and oxygen atoms in total. The Bertz CT molecular complexity index is 683. The Balaban J connectivity index is 1.61. The highest BCUT2D eigenvalue weighted by molar-refractivity contribution is 8.00. The number of aliphatic imine (C=N–C) groups is 1. The van der Waals surface area contributed by atoms with Gasteiger partial charge in [-0.25, -0.2) is 0 Å². The summed E-state index contributed by atoms with van der Waals surface area (Å²) < 4.78 is 0.247. The minimum atomic E-state index is 0.163. The van der Waals surface area contributed by atoms with Crippen LogP contribution in [0, 0.1) is 0 Å². The molecule has 2 aliphatic heterocycles. The zero-order valence-corrected chi connectivity index (χ0v) is 17.6. The SMILES string of the molecule is CN=C(NCc1cccc(C(=O)N2CCCCC2)c1)N1CCSC(C)(C)C1. The zero-order valence-electron chi connectivity index (χ0n) is 16.8. The van der Waals surface area contributed by atoms with Crippen LogP contribution in [0.3, 0.4) is 0 Å². The highest BCUT2D eigenvalue weighted by Crippen LogP contribution is 2.29. The molecule has 0 aromatic heterocycles. The number of carbonyl (C=O) groups is 1. The Kier molecular flexibility index (Phi) is 6.68. The number of piperidine rings is 1. The summed E-state index contributed by atoms with van der Waals surface area (Å²) in [4.78, 5) is 21.5. The van der Waals surface area contributed by atoms with Crippen molar-refractivity contribution in [2.75, 3.05) is 39.0 Å². The summed E-state index contributed by atoms with van der Waals surface area (Å²) in [7, 11) is 1.84. The molecule has 0 atom stereocenters. The molecule has 1 amide bonds. The number of likely N-dealkylation sites (tertiary alicyclic amines) is 1. The molecular weight excluding hydrogens is 356 g/mol. The van der Waals surface area contributed by atoms with Gasteiger partial charge in [0.25, 0.3) is 5.91 Å². The second-order valence-electron chi connectivity index (χ2n) is 7.98. The van der Waals surface area contributed by atoms with E-state index in [-0.39, 0.29) is 10.7 Å². The fraction of sp³-hybridized carbons (Fsp3) is 0.619. The number of thioether (sulfide) groups is 1. The maximum atomic E-state index is 12.7. The van der Waals surface area contributed by atoms with Crippen LogP contribution in [0.5, 0.6) is 0 Å². The molecule has 0 saturated carbocycles. The fourth-order valence-electron chi connectivity index (χ4n) is 3.80. The van der Waals surface area contributed by atoms with Gasteiger partial charge in [-0.3, -0.25) is 9.79 Å². The summed E-state index contributed by atoms with van der Waals surface area (Å²) in [5.74, 6) is 2.22. The topological polar surface area (TPSA) is 47.9 Å². The Morgan fingerprint density at radius 1 is 1.19 bits per heavy atom. The molecule has 3 rings (SSSR count). The summed E-state index contributed by atoms with van der Waals surface area (Å²) in [5.41, 5.74) is 1.91. The lowest BCUT2D eigenvalue weighted by molar-refractivity contribution is 0.0724. The highest BCUT2D eigenvalue weighted by atomic mass is 32.2. The van der Waals surface area contributed by atoms with Crippen molar-refractivity contribution in [2.24, 2.45) is 4.99 Å². The van der Waals surface area contributed by atoms with Crippen LogP contribution in [0.2, 0.25) is 0 Å². The first-order chi connectivity index (χ1) is 13.0. The summed E-state index contributed by atoms with van der Waals surface area (Å²) in [6.07, 6.45) is 3.47. The molecule has 2 heterocycles. The Morgan fingerprint density at radius 2 is 1.96 bits per heavy atom. The molecule has 1 aromatic rings. The molecule has 2 fully saturated rings. The molecular formula is C21H32N4OS. The number of hydrogen-bond donors (Lipinski definition) is 1. The van der Waals surface area contributed by atoms with Crippen LogP contribution in [-0.2, 0) is 6.54 Å². The van der Waals surface area contributed by atoms with Gasteiger partial charge in [-0.1, -0.05) is 12.1 Å². The average molecular weight is 389 g/mol. The molecule has 2 saturated heterocycles. The quantitative estimate of drug-likeness (QED) is 0.638. The van der Waals surface area contributed by atoms with Gasteiger partial charge in [-0.2, -0.15) is 11.8 Å². The van der Waals surface area contributed by atoms with Crippen molar-refractivity contribution >= 4 is 23.6 Å². The molecule has 27 heavy (non-hydrogen) atoms. The van der Waals surface area contributed by atoms with Gasteiger partial charge in [0.05, 0.1) is 0 Å². The van der Waals surface area contributed by atoms with E-state index in [2.05, 4.69) is 35.1 Å². The standard InChI is InChI=1S/C21H32N4OS/c1-21(2)16-25(12-13-27-21)20(22-3)23-15-17-8-7-9-18(14-17)19(26)24-10-5-4-6-11-24/h7-9,14H,4-6,10-13,15-16H2,1-3H3,(H,22,23). The van der Waals surface area contributed by atoms with Crippen molar-refractivity contribution in [3.05, 3.63) is 35.4 Å². The molecule has 1 aromatic carbocycles. The van der Waals surface area contributed by atoms with Crippen molar-refractivity contribution in [1.82, 2.24) is 15.1 Å². The first kappa shape index (κ1) is 20.1. The third kappa shape index (κ3) is 5.41. The van der Waals surface area contributed by atoms with E-state index in [1.165, 1.54) is 6.42 Å². The van der Waals surface area contributed by atoms with E-state index in [0.29, 0.717) is 6.54 Å². The predicted octanol–water partition coefficient (Wildman–Crippen LogP) is 3.22. The van der Waals surface area contributed by atoms with E-state index in [1.54, 1.807) is 0 Å². The lowest BCUT2D eigenvalue weighted by Crippen LogP contribution is -2.50. The van der Waals surface area contributed by atoms with Crippen molar-refractivity contribution in [1.29, 1.82) is 0 Å². The van der Waals surface area contributed by atoms with E-state index in [1.807, 2.05) is 41.9 Å². The van der Waals surface area contributed by atoms with Gasteiger partial charge in [-0.05, 0) is 50.8 Å². The molecule has 0 spiro atoms. The first-order valence-corrected chi connectivity index (χ1v) is 10.9. The Hall–Kier alpha value is -1.69. The van der Waals surface area contributed by atoms with Gasteiger partial charge in [0.1, 0.15) is 0 Å². The molecule has 148 valence electrons. The molecule has 0 aliphatic carbocycles. The van der Waals surface area contributed by atoms with Crippen LogP contribution >= 0.6 is 11.8 Å². The number of benzene rings is 1. The summed E-state index contributed by atoms with van der Waals surface area (Å²) in [6, 6.07) is 8.01. The maximum absolute atomic E-state index is 12.7. The zero-order chi connectivity index (χ0) is 19.3. The summed E-state index contributed by atoms with van der Waals surface area (Å²) in [6.45, 7) is 9.02. The monoisotopic (exact) mass is 388 g/mol. The number of amides is 1. The molecule has 6 heteroatoms. The highest BCUT2D eigenvalue weighted by Gasteiger charge is 2.28. The number of rotatable bonds is 3. The number of guanidine groups is 1. The van der Waals surface area contributed by atoms with E-state index in [0.717, 1.165) is 61.9 Å². The van der Waals surface area contributed by atoms with Crippen molar-refractivity contribution in [3.8, 4) is 0 Å². The van der Waals surface area contributed by atoms with Crippen LogP contribution in [-0.4, -0.2) is 65.4 Å². The Labute approximate surface area is 167 Å². The molecule has 0 unspecified atom stereocenters. The second kappa shape index (κ2) is 9.00. The van der Waals surface area contributed by atoms with Crippen molar-refractivity contribution in [3.63, 3.8) is 0 Å². The van der Waals surface area contributed by atoms with Gasteiger partial charge in [-0.15, -0.1) is 0 Å². The Morgan fingerprint density at radius 3 is 2.67 bits per heavy atom. The maximum Gasteiger partial charge on any atom is 0.253 e. The van der Waals surface area contributed by atoms with E-state index in [4.69, 9.17) is 0 Å². The van der Waals surface area contributed by atoms with Crippen LogP contribution in [0.15, 0.2) is 29.3 Å². The smallest absolute Gasteiger partial charge is 0.253 e. The predicted molar refractivity (Wildman–Crippen MR) is 115 cm³/mol. The number of nitrogens with zero attached hydrogens (tertiary/aromatic N) is 3. The van der Waals surface area contributed by atoms with Crippen LogP contribution in [0.4, 0.5) is 0 Å². The lowest BCUT2D eigenvalue weighted by Gasteiger charge is -2.39. The number of carbonyl (C=O) groups excluding carboxylic acids is 1. The molecule has 0 bridgehead atoms. The van der Waals surface area contributed by atoms with Gasteiger partial charge in [0, 0.05) is 55.8 Å². The van der Waals surface area contributed by atoms with E-state index < -0.39 is 0 Å². The van der Waals surface area contributed by atoms with Gasteiger partial charge >= 0.3 is 0 Å². The third-order valence-corrected chi connectivity index (χ3v) is 6.50. The lowest BCUT2D eigenvalue weighted by atomic mass is 10.1. The number of nitrogens with one attached hydrogen (secondary N) is 1. The summed E-state index contributed by atoms with van der Waals surface area (Å²) >= 11 is 2.02. The molecule has 1 N–H and O–H groups in total.